The summed E-state index contributed by atoms with van der Waals surface area (Å²) < 4.78 is 0. The van der Waals surface area contributed by atoms with Crippen molar-refractivity contribution in [2.24, 2.45) is 0 Å². The Bertz CT molecular complexity index is 540. The van der Waals surface area contributed by atoms with Crippen molar-refractivity contribution in [1.29, 1.82) is 0 Å². The molecule has 1 unspecified atom stereocenters. The maximum atomic E-state index is 12.2. The topological polar surface area (TPSA) is 92.5 Å². The molecule has 1 rings (SSSR count). The summed E-state index contributed by atoms with van der Waals surface area (Å²) in [7, 11) is 0. The predicted molar refractivity (Wildman–Crippen MR) is 75.9 cm³/mol. The normalized spacial score (nSPS) is 12.1. The number of carbonyl (C=O) groups excluding carboxylic acids is 1. The largest absolute Gasteiger partial charge is 0.396 e. The Morgan fingerprint density at radius 1 is 1.40 bits per heavy atom. The molecule has 0 saturated heterocycles. The summed E-state index contributed by atoms with van der Waals surface area (Å²) in [6.45, 7) is 6.77. The molecule has 6 heteroatoms. The second kappa shape index (κ2) is 6.47. The molecule has 0 bridgehead atoms. The Labute approximate surface area is 118 Å². The van der Waals surface area contributed by atoms with Crippen LogP contribution in [0.2, 0.25) is 0 Å². The lowest BCUT2D eigenvalue weighted by molar-refractivity contribution is -0.386. The molecule has 1 aromatic rings. The minimum Gasteiger partial charge on any atom is -0.396 e. The van der Waals surface area contributed by atoms with Gasteiger partial charge in [0.1, 0.15) is 0 Å². The monoisotopic (exact) mass is 280 g/mol. The van der Waals surface area contributed by atoms with E-state index in [1.165, 1.54) is 0 Å². The zero-order valence-electron chi connectivity index (χ0n) is 12.2. The second-order valence-electron chi connectivity index (χ2n) is 5.00. The van der Waals surface area contributed by atoms with Gasteiger partial charge in [0.05, 0.1) is 10.5 Å². The number of nitrogens with one attached hydrogen (secondary N) is 1. The number of aliphatic hydroxyl groups is 1. The summed E-state index contributed by atoms with van der Waals surface area (Å²) in [5, 5.41) is 22.7. The van der Waals surface area contributed by atoms with Gasteiger partial charge in [-0.05, 0) is 45.7 Å². The summed E-state index contributed by atoms with van der Waals surface area (Å²) in [6.07, 6.45) is 0.442. The molecule has 6 nitrogen and oxygen atoms in total. The molecule has 0 heterocycles. The fraction of sp³-hybridized carbons (Fsp3) is 0.500. The summed E-state index contributed by atoms with van der Waals surface area (Å²) in [6, 6.07) is 1.46. The molecule has 0 aliphatic heterocycles. The number of benzene rings is 1. The van der Waals surface area contributed by atoms with Gasteiger partial charge in [-0.1, -0.05) is 0 Å². The van der Waals surface area contributed by atoms with Gasteiger partial charge in [-0.25, -0.2) is 0 Å². The molecule has 0 aromatic heterocycles. The van der Waals surface area contributed by atoms with Gasteiger partial charge in [0.25, 0.3) is 11.6 Å². The Balaban J connectivity index is 3.21. The van der Waals surface area contributed by atoms with Crippen molar-refractivity contribution in [3.05, 3.63) is 38.4 Å². The fourth-order valence-corrected chi connectivity index (χ4v) is 2.37. The van der Waals surface area contributed by atoms with Crippen LogP contribution in [0, 0.1) is 30.9 Å². The van der Waals surface area contributed by atoms with E-state index in [-0.39, 0.29) is 24.2 Å². The van der Waals surface area contributed by atoms with Gasteiger partial charge < -0.3 is 10.4 Å². The van der Waals surface area contributed by atoms with E-state index in [0.717, 1.165) is 0 Å². The third kappa shape index (κ3) is 3.33. The molecule has 0 aliphatic rings. The minimum atomic E-state index is -0.460. The van der Waals surface area contributed by atoms with Crippen molar-refractivity contribution in [3.8, 4) is 0 Å². The number of nitro groups is 1. The van der Waals surface area contributed by atoms with Crippen LogP contribution < -0.4 is 5.32 Å². The lowest BCUT2D eigenvalue weighted by Gasteiger charge is -2.16. The first-order chi connectivity index (χ1) is 9.29. The molecule has 110 valence electrons. The first kappa shape index (κ1) is 16.1. The molecule has 0 radical (unpaired) electrons. The number of hydrogen-bond acceptors (Lipinski definition) is 4. The second-order valence-corrected chi connectivity index (χ2v) is 5.00. The Hall–Kier alpha value is -1.95. The molecule has 0 saturated carbocycles. The first-order valence-electron chi connectivity index (χ1n) is 6.46. The molecule has 20 heavy (non-hydrogen) atoms. The molecular formula is C14H20N2O4. The van der Waals surface area contributed by atoms with E-state index in [1.54, 1.807) is 33.8 Å². The van der Waals surface area contributed by atoms with Crippen molar-refractivity contribution < 1.29 is 14.8 Å². The van der Waals surface area contributed by atoms with Crippen LogP contribution in [0.4, 0.5) is 5.69 Å². The maximum absolute atomic E-state index is 12.2. The van der Waals surface area contributed by atoms with Crippen LogP contribution in [0.3, 0.4) is 0 Å². The first-order valence-corrected chi connectivity index (χ1v) is 6.46. The molecule has 1 aromatic carbocycles. The lowest BCUT2D eigenvalue weighted by Crippen LogP contribution is -2.34. The highest BCUT2D eigenvalue weighted by atomic mass is 16.6. The van der Waals surface area contributed by atoms with Crippen molar-refractivity contribution in [1.82, 2.24) is 5.32 Å². The molecular weight excluding hydrogens is 260 g/mol. The lowest BCUT2D eigenvalue weighted by atomic mass is 9.96. The van der Waals surface area contributed by atoms with E-state index in [4.69, 9.17) is 5.11 Å². The summed E-state index contributed by atoms with van der Waals surface area (Å²) in [5.74, 6) is -0.343. The van der Waals surface area contributed by atoms with Gasteiger partial charge in [-0.3, -0.25) is 14.9 Å². The summed E-state index contributed by atoms with van der Waals surface area (Å²) >= 11 is 0. The highest BCUT2D eigenvalue weighted by molar-refractivity contribution is 5.98. The van der Waals surface area contributed by atoms with E-state index < -0.39 is 4.92 Å². The van der Waals surface area contributed by atoms with Crippen molar-refractivity contribution in [2.45, 2.75) is 40.2 Å². The van der Waals surface area contributed by atoms with Crippen LogP contribution in [-0.2, 0) is 0 Å². The van der Waals surface area contributed by atoms with Crippen LogP contribution in [0.5, 0.6) is 0 Å². The Morgan fingerprint density at radius 3 is 2.50 bits per heavy atom. The number of nitrogens with zero attached hydrogens (tertiary/aromatic N) is 1. The molecule has 1 amide bonds. The van der Waals surface area contributed by atoms with Crippen molar-refractivity contribution in [2.75, 3.05) is 6.61 Å². The van der Waals surface area contributed by atoms with E-state index in [1.807, 2.05) is 0 Å². The number of carbonyl (C=O) groups is 1. The standard InChI is InChI=1S/C14H20N2O4/c1-8-7-9(2)13(16(19)20)11(4)12(8)14(18)15-10(3)5-6-17/h7,10,17H,5-6H2,1-4H3,(H,15,18). The predicted octanol–water partition coefficient (Wildman–Crippen LogP) is 2.02. The van der Waals surface area contributed by atoms with E-state index in [2.05, 4.69) is 5.32 Å². The summed E-state index contributed by atoms with van der Waals surface area (Å²) in [4.78, 5) is 22.9. The number of rotatable bonds is 5. The van der Waals surface area contributed by atoms with Gasteiger partial charge in [-0.15, -0.1) is 0 Å². The van der Waals surface area contributed by atoms with Crippen LogP contribution >= 0.6 is 0 Å². The van der Waals surface area contributed by atoms with Crippen molar-refractivity contribution in [3.63, 3.8) is 0 Å². The highest BCUT2D eigenvalue weighted by Crippen LogP contribution is 2.28. The smallest absolute Gasteiger partial charge is 0.275 e. The van der Waals surface area contributed by atoms with Crippen molar-refractivity contribution >= 4 is 11.6 Å². The average molecular weight is 280 g/mol. The van der Waals surface area contributed by atoms with Crippen LogP contribution in [-0.4, -0.2) is 28.6 Å². The van der Waals surface area contributed by atoms with Crippen LogP contribution in [0.25, 0.3) is 0 Å². The third-order valence-corrected chi connectivity index (χ3v) is 3.28. The molecule has 0 aliphatic carbocycles. The zero-order chi connectivity index (χ0) is 15.4. The Morgan fingerprint density at radius 2 is 2.00 bits per heavy atom. The van der Waals surface area contributed by atoms with Crippen LogP contribution in [0.1, 0.15) is 40.4 Å². The number of nitro benzene ring substituents is 1. The third-order valence-electron chi connectivity index (χ3n) is 3.28. The number of amides is 1. The highest BCUT2D eigenvalue weighted by Gasteiger charge is 2.24. The van der Waals surface area contributed by atoms with Gasteiger partial charge in [0.15, 0.2) is 0 Å². The molecule has 0 fully saturated rings. The Kier molecular flexibility index (Phi) is 5.21. The molecule has 0 spiro atoms. The van der Waals surface area contributed by atoms with E-state index >= 15 is 0 Å². The van der Waals surface area contributed by atoms with E-state index in [9.17, 15) is 14.9 Å². The fourth-order valence-electron chi connectivity index (χ4n) is 2.37. The number of hydrogen-bond donors (Lipinski definition) is 2. The van der Waals surface area contributed by atoms with Crippen LogP contribution in [0.15, 0.2) is 6.07 Å². The average Bonchev–Trinajstić information content (AvgIpc) is 2.26. The molecule has 1 atom stereocenters. The van der Waals surface area contributed by atoms with E-state index in [0.29, 0.717) is 28.7 Å². The number of aryl methyl sites for hydroxylation is 2. The number of aliphatic hydroxyl groups excluding tert-OH is 1. The minimum absolute atomic E-state index is 0.0180. The molecule has 2 N–H and O–H groups in total. The maximum Gasteiger partial charge on any atom is 0.275 e. The summed E-state index contributed by atoms with van der Waals surface area (Å²) in [5.41, 5.74) is 1.95. The zero-order valence-corrected chi connectivity index (χ0v) is 12.2. The van der Waals surface area contributed by atoms with Gasteiger partial charge in [0, 0.05) is 23.8 Å². The van der Waals surface area contributed by atoms with Gasteiger partial charge >= 0.3 is 0 Å². The van der Waals surface area contributed by atoms with Gasteiger partial charge in [-0.2, -0.15) is 0 Å². The SMILES string of the molecule is Cc1cc(C)c([N+](=O)[O-])c(C)c1C(=O)NC(C)CCO. The quantitative estimate of drug-likeness (QED) is 0.637. The van der Waals surface area contributed by atoms with Gasteiger partial charge in [0.2, 0.25) is 0 Å².